The summed E-state index contributed by atoms with van der Waals surface area (Å²) in [6.07, 6.45) is 0. The van der Waals surface area contributed by atoms with Crippen LogP contribution in [0.5, 0.6) is 11.5 Å². The summed E-state index contributed by atoms with van der Waals surface area (Å²) >= 11 is 0. The summed E-state index contributed by atoms with van der Waals surface area (Å²) in [6, 6.07) is 4.97. The van der Waals surface area contributed by atoms with Crippen molar-refractivity contribution in [3.05, 3.63) is 23.8 Å². The number of benzene rings is 1. The van der Waals surface area contributed by atoms with E-state index in [1.165, 1.54) is 0 Å². The molecule has 1 heterocycles. The highest BCUT2D eigenvalue weighted by Gasteiger charge is 2.31. The highest BCUT2D eigenvalue weighted by molar-refractivity contribution is 5.71. The lowest BCUT2D eigenvalue weighted by molar-refractivity contribution is -0.0431. The van der Waals surface area contributed by atoms with Crippen molar-refractivity contribution in [3.8, 4) is 11.5 Å². The number of primary amides is 1. The number of hydrogen-bond acceptors (Lipinski definition) is 3. The molecule has 0 bridgehead atoms. The smallest absolute Gasteiger partial charge is 0.312 e. The van der Waals surface area contributed by atoms with Gasteiger partial charge in [0.1, 0.15) is 0 Å². The van der Waals surface area contributed by atoms with Gasteiger partial charge in [-0.25, -0.2) is 4.79 Å². The molecular weight excluding hydrogens is 208 g/mol. The van der Waals surface area contributed by atoms with Gasteiger partial charge in [0, 0.05) is 20.4 Å². The largest absolute Gasteiger partial charge is 0.449 e. The molecular formula is C11H14N2O3. The predicted molar refractivity (Wildman–Crippen MR) is 58.2 cm³/mol. The molecule has 5 nitrogen and oxygen atoms in total. The van der Waals surface area contributed by atoms with E-state index in [0.717, 1.165) is 5.56 Å². The minimum atomic E-state index is -0.627. The number of carbonyl (C=O) groups excluding carboxylic acids is 1. The maximum absolute atomic E-state index is 10.6. The summed E-state index contributed by atoms with van der Waals surface area (Å²) in [7, 11) is 0. The van der Waals surface area contributed by atoms with Gasteiger partial charge in [-0.05, 0) is 17.7 Å². The predicted octanol–water partition coefficient (Wildman–Crippen LogP) is 1.36. The molecule has 1 aromatic rings. The molecule has 0 saturated heterocycles. The first-order valence-electron chi connectivity index (χ1n) is 5.00. The van der Waals surface area contributed by atoms with Gasteiger partial charge in [0.15, 0.2) is 11.5 Å². The first-order valence-corrected chi connectivity index (χ1v) is 5.00. The highest BCUT2D eigenvalue weighted by Crippen LogP contribution is 2.39. The number of urea groups is 1. The van der Waals surface area contributed by atoms with Crippen molar-refractivity contribution < 1.29 is 14.3 Å². The van der Waals surface area contributed by atoms with Crippen molar-refractivity contribution in [1.29, 1.82) is 0 Å². The molecule has 2 rings (SSSR count). The number of nitrogens with one attached hydrogen (secondary N) is 1. The molecule has 3 N–H and O–H groups in total. The van der Waals surface area contributed by atoms with Crippen molar-refractivity contribution in [3.63, 3.8) is 0 Å². The zero-order valence-electron chi connectivity index (χ0n) is 9.24. The van der Waals surface area contributed by atoms with Crippen molar-refractivity contribution in [1.82, 2.24) is 5.32 Å². The number of amides is 2. The third-order valence-electron chi connectivity index (χ3n) is 2.19. The molecule has 5 heteroatoms. The zero-order valence-corrected chi connectivity index (χ0v) is 9.24. The average molecular weight is 222 g/mol. The van der Waals surface area contributed by atoms with Crippen molar-refractivity contribution in [2.24, 2.45) is 5.73 Å². The molecule has 16 heavy (non-hydrogen) atoms. The van der Waals surface area contributed by atoms with Gasteiger partial charge >= 0.3 is 6.03 Å². The molecule has 86 valence electrons. The molecule has 0 unspecified atom stereocenters. The van der Waals surface area contributed by atoms with Crippen LogP contribution in [0, 0.1) is 0 Å². The third kappa shape index (κ3) is 2.18. The van der Waals surface area contributed by atoms with Crippen LogP contribution in [0.3, 0.4) is 0 Å². The second-order valence-electron chi connectivity index (χ2n) is 4.10. The van der Waals surface area contributed by atoms with Gasteiger partial charge in [0.2, 0.25) is 5.79 Å². The van der Waals surface area contributed by atoms with E-state index in [9.17, 15) is 4.79 Å². The van der Waals surface area contributed by atoms with Crippen LogP contribution in [0.1, 0.15) is 19.4 Å². The Hall–Kier alpha value is -1.91. The van der Waals surface area contributed by atoms with Crippen molar-refractivity contribution >= 4 is 6.03 Å². The van der Waals surface area contributed by atoms with E-state index < -0.39 is 11.8 Å². The number of rotatable bonds is 2. The average Bonchev–Trinajstić information content (AvgIpc) is 2.47. The van der Waals surface area contributed by atoms with Crippen LogP contribution in [-0.4, -0.2) is 11.8 Å². The number of ether oxygens (including phenoxy) is 2. The second kappa shape index (κ2) is 3.59. The summed E-state index contributed by atoms with van der Waals surface area (Å²) in [5.41, 5.74) is 5.91. The molecule has 1 aliphatic rings. The Bertz CT molecular complexity index is 429. The van der Waals surface area contributed by atoms with Crippen LogP contribution in [-0.2, 0) is 6.54 Å². The Labute approximate surface area is 93.5 Å². The van der Waals surface area contributed by atoms with Crippen LogP contribution < -0.4 is 20.5 Å². The lowest BCUT2D eigenvalue weighted by Crippen LogP contribution is -2.29. The first kappa shape index (κ1) is 10.6. The Morgan fingerprint density at radius 1 is 1.38 bits per heavy atom. The Morgan fingerprint density at radius 2 is 2.06 bits per heavy atom. The fraction of sp³-hybridized carbons (Fsp3) is 0.364. The van der Waals surface area contributed by atoms with E-state index in [-0.39, 0.29) is 0 Å². The lowest BCUT2D eigenvalue weighted by atomic mass is 10.2. The first-order chi connectivity index (χ1) is 7.46. The second-order valence-corrected chi connectivity index (χ2v) is 4.10. The van der Waals surface area contributed by atoms with Gasteiger partial charge in [-0.2, -0.15) is 0 Å². The maximum atomic E-state index is 10.6. The lowest BCUT2D eigenvalue weighted by Gasteiger charge is -2.16. The van der Waals surface area contributed by atoms with E-state index in [4.69, 9.17) is 15.2 Å². The molecule has 2 amide bonds. The normalized spacial score (nSPS) is 15.9. The van der Waals surface area contributed by atoms with E-state index >= 15 is 0 Å². The van der Waals surface area contributed by atoms with Crippen LogP contribution in [0.4, 0.5) is 4.79 Å². The summed E-state index contributed by atoms with van der Waals surface area (Å²) in [4.78, 5) is 10.6. The molecule has 0 fully saturated rings. The Kier molecular flexibility index (Phi) is 2.38. The molecule has 0 radical (unpaired) electrons. The van der Waals surface area contributed by atoms with E-state index in [2.05, 4.69) is 5.32 Å². The number of fused-ring (bicyclic) bond motifs is 1. The molecule has 1 aromatic carbocycles. The SMILES string of the molecule is CC1(C)Oc2ccc(CNC(N)=O)cc2O1. The number of nitrogens with two attached hydrogens (primary N) is 1. The van der Waals surface area contributed by atoms with Crippen LogP contribution in [0.25, 0.3) is 0 Å². The monoisotopic (exact) mass is 222 g/mol. The van der Waals surface area contributed by atoms with Gasteiger partial charge in [-0.15, -0.1) is 0 Å². The third-order valence-corrected chi connectivity index (χ3v) is 2.19. The molecule has 0 saturated carbocycles. The quantitative estimate of drug-likeness (QED) is 0.793. The fourth-order valence-corrected chi connectivity index (χ4v) is 1.57. The van der Waals surface area contributed by atoms with Gasteiger partial charge < -0.3 is 20.5 Å². The van der Waals surface area contributed by atoms with E-state index in [1.807, 2.05) is 32.0 Å². The summed E-state index contributed by atoms with van der Waals surface area (Å²) in [5.74, 6) is 0.777. The van der Waals surface area contributed by atoms with Crippen molar-refractivity contribution in [2.75, 3.05) is 0 Å². The maximum Gasteiger partial charge on any atom is 0.312 e. The molecule has 0 aliphatic carbocycles. The number of hydrogen-bond donors (Lipinski definition) is 2. The van der Waals surface area contributed by atoms with Crippen LogP contribution in [0.15, 0.2) is 18.2 Å². The van der Waals surface area contributed by atoms with Gasteiger partial charge in [-0.3, -0.25) is 0 Å². The molecule has 1 aliphatic heterocycles. The van der Waals surface area contributed by atoms with Crippen LogP contribution >= 0.6 is 0 Å². The Morgan fingerprint density at radius 3 is 2.75 bits per heavy atom. The van der Waals surface area contributed by atoms with Gasteiger partial charge in [-0.1, -0.05) is 6.07 Å². The van der Waals surface area contributed by atoms with Gasteiger partial charge in [0.05, 0.1) is 0 Å². The minimum absolute atomic E-state index is 0.381. The standard InChI is InChI=1S/C11H14N2O3/c1-11(2)15-8-4-3-7(5-9(8)16-11)6-13-10(12)14/h3-5H,6H2,1-2H3,(H3,12,13,14). The summed E-state index contributed by atoms with van der Waals surface area (Å²) in [6.45, 7) is 4.06. The topological polar surface area (TPSA) is 73.6 Å². The van der Waals surface area contributed by atoms with E-state index in [0.29, 0.717) is 18.0 Å². The zero-order chi connectivity index (χ0) is 11.8. The van der Waals surface area contributed by atoms with Crippen molar-refractivity contribution in [2.45, 2.75) is 26.2 Å². The fourth-order valence-electron chi connectivity index (χ4n) is 1.57. The number of carbonyl (C=O) groups is 1. The molecule has 0 atom stereocenters. The summed E-state index contributed by atoms with van der Waals surface area (Å²) in [5, 5.41) is 2.52. The van der Waals surface area contributed by atoms with Gasteiger partial charge in [0.25, 0.3) is 0 Å². The molecule has 0 spiro atoms. The van der Waals surface area contributed by atoms with E-state index in [1.54, 1.807) is 0 Å². The van der Waals surface area contributed by atoms with Crippen LogP contribution in [0.2, 0.25) is 0 Å². The highest BCUT2D eigenvalue weighted by atomic mass is 16.7. The minimum Gasteiger partial charge on any atom is -0.449 e. The Balaban J connectivity index is 2.13. The molecule has 0 aromatic heterocycles. The summed E-state index contributed by atoms with van der Waals surface area (Å²) < 4.78 is 11.1.